The van der Waals surface area contributed by atoms with E-state index in [9.17, 15) is 0 Å². The van der Waals surface area contributed by atoms with E-state index in [0.717, 1.165) is 33.1 Å². The third-order valence-electron chi connectivity index (χ3n) is 3.49. The molecule has 20 heavy (non-hydrogen) atoms. The number of aromatic nitrogens is 3. The van der Waals surface area contributed by atoms with Crippen LogP contribution in [0.5, 0.6) is 0 Å². The minimum absolute atomic E-state index is 0.536. The molecule has 0 aliphatic heterocycles. The molecule has 4 heteroatoms. The molecule has 0 saturated carbocycles. The lowest BCUT2D eigenvalue weighted by Gasteiger charge is -2.06. The van der Waals surface area contributed by atoms with Crippen molar-refractivity contribution < 1.29 is 0 Å². The van der Waals surface area contributed by atoms with E-state index in [0.29, 0.717) is 5.82 Å². The largest absolute Gasteiger partial charge is 0.383 e. The molecule has 4 nitrogen and oxygen atoms in total. The summed E-state index contributed by atoms with van der Waals surface area (Å²) in [6.45, 7) is 0. The SMILES string of the molecule is Nc1nc2ccccc2cc1-c1c[nH]c2ncccc12. The number of nitrogens with one attached hydrogen (secondary N) is 1. The number of nitrogens with zero attached hydrogens (tertiary/aromatic N) is 2. The van der Waals surface area contributed by atoms with Crippen molar-refractivity contribution in [2.75, 3.05) is 5.73 Å². The first kappa shape index (κ1) is 11.0. The minimum atomic E-state index is 0.536. The fraction of sp³-hybridized carbons (Fsp3) is 0. The molecule has 0 atom stereocenters. The Labute approximate surface area is 115 Å². The zero-order valence-corrected chi connectivity index (χ0v) is 10.7. The van der Waals surface area contributed by atoms with Gasteiger partial charge in [0.25, 0.3) is 0 Å². The second-order valence-electron chi connectivity index (χ2n) is 4.72. The van der Waals surface area contributed by atoms with Crippen LogP contribution in [0.4, 0.5) is 5.82 Å². The second-order valence-corrected chi connectivity index (χ2v) is 4.72. The van der Waals surface area contributed by atoms with Gasteiger partial charge in [0.1, 0.15) is 11.5 Å². The molecule has 3 aromatic heterocycles. The maximum absolute atomic E-state index is 6.12. The number of H-pyrrole nitrogens is 1. The van der Waals surface area contributed by atoms with Gasteiger partial charge in [0.05, 0.1) is 5.52 Å². The molecular weight excluding hydrogens is 248 g/mol. The van der Waals surface area contributed by atoms with Gasteiger partial charge in [0, 0.05) is 34.3 Å². The number of para-hydroxylation sites is 1. The van der Waals surface area contributed by atoms with Crippen molar-refractivity contribution in [3.8, 4) is 11.1 Å². The lowest BCUT2D eigenvalue weighted by molar-refractivity contribution is 1.33. The van der Waals surface area contributed by atoms with Crippen LogP contribution in [0, 0.1) is 0 Å². The molecule has 4 aromatic rings. The highest BCUT2D eigenvalue weighted by Gasteiger charge is 2.11. The van der Waals surface area contributed by atoms with Crippen LogP contribution >= 0.6 is 0 Å². The van der Waals surface area contributed by atoms with Gasteiger partial charge in [-0.1, -0.05) is 18.2 Å². The summed E-state index contributed by atoms with van der Waals surface area (Å²) in [6.07, 6.45) is 3.70. The van der Waals surface area contributed by atoms with E-state index in [1.165, 1.54) is 0 Å². The van der Waals surface area contributed by atoms with Gasteiger partial charge in [-0.2, -0.15) is 0 Å². The van der Waals surface area contributed by atoms with Gasteiger partial charge in [-0.05, 0) is 24.3 Å². The number of fused-ring (bicyclic) bond motifs is 2. The van der Waals surface area contributed by atoms with Crippen molar-refractivity contribution >= 4 is 27.8 Å². The third kappa shape index (κ3) is 1.55. The van der Waals surface area contributed by atoms with Crippen molar-refractivity contribution in [1.82, 2.24) is 15.0 Å². The first-order valence-electron chi connectivity index (χ1n) is 6.41. The molecule has 0 radical (unpaired) electrons. The lowest BCUT2D eigenvalue weighted by atomic mass is 10.0. The maximum Gasteiger partial charge on any atom is 0.137 e. The van der Waals surface area contributed by atoms with Crippen LogP contribution in [0.1, 0.15) is 0 Å². The maximum atomic E-state index is 6.12. The van der Waals surface area contributed by atoms with Crippen LogP contribution in [-0.2, 0) is 0 Å². The van der Waals surface area contributed by atoms with Crippen molar-refractivity contribution in [2.45, 2.75) is 0 Å². The average Bonchev–Trinajstić information content (AvgIpc) is 2.90. The zero-order chi connectivity index (χ0) is 13.5. The number of pyridine rings is 2. The summed E-state index contributed by atoms with van der Waals surface area (Å²) < 4.78 is 0. The van der Waals surface area contributed by atoms with E-state index in [1.54, 1.807) is 6.20 Å². The Kier molecular flexibility index (Phi) is 2.23. The number of anilines is 1. The van der Waals surface area contributed by atoms with Crippen LogP contribution in [0.3, 0.4) is 0 Å². The van der Waals surface area contributed by atoms with E-state index in [-0.39, 0.29) is 0 Å². The Morgan fingerprint density at radius 3 is 2.85 bits per heavy atom. The molecule has 0 amide bonds. The molecule has 0 aliphatic rings. The Hall–Kier alpha value is -2.88. The minimum Gasteiger partial charge on any atom is -0.383 e. The van der Waals surface area contributed by atoms with E-state index in [2.05, 4.69) is 21.0 Å². The molecule has 0 unspecified atom stereocenters. The quantitative estimate of drug-likeness (QED) is 0.551. The summed E-state index contributed by atoms with van der Waals surface area (Å²) in [4.78, 5) is 12.0. The topological polar surface area (TPSA) is 67.6 Å². The standard InChI is InChI=1S/C16H12N4/c17-15-12(8-10-4-1-2-6-14(10)20-15)13-9-19-16-11(13)5-3-7-18-16/h1-9H,(H2,17,20)(H,18,19). The predicted octanol–water partition coefficient (Wildman–Crippen LogP) is 3.36. The highest BCUT2D eigenvalue weighted by Crippen LogP contribution is 2.32. The predicted molar refractivity (Wildman–Crippen MR) is 81.2 cm³/mol. The average molecular weight is 260 g/mol. The lowest BCUT2D eigenvalue weighted by Crippen LogP contribution is -1.94. The molecule has 3 N–H and O–H groups in total. The van der Waals surface area contributed by atoms with Crippen LogP contribution in [0.25, 0.3) is 33.1 Å². The summed E-state index contributed by atoms with van der Waals surface area (Å²) in [6, 6.07) is 14.0. The van der Waals surface area contributed by atoms with Gasteiger partial charge in [0.15, 0.2) is 0 Å². The van der Waals surface area contributed by atoms with Gasteiger partial charge in [-0.25, -0.2) is 9.97 Å². The highest BCUT2D eigenvalue weighted by atomic mass is 14.9. The summed E-state index contributed by atoms with van der Waals surface area (Å²) in [7, 11) is 0. The summed E-state index contributed by atoms with van der Waals surface area (Å²) in [5.41, 5.74) is 9.85. The number of rotatable bonds is 1. The number of hydrogen-bond acceptors (Lipinski definition) is 3. The van der Waals surface area contributed by atoms with Gasteiger partial charge in [0.2, 0.25) is 0 Å². The summed E-state index contributed by atoms with van der Waals surface area (Å²) >= 11 is 0. The molecule has 0 saturated heterocycles. The fourth-order valence-corrected chi connectivity index (χ4v) is 2.53. The molecule has 0 aliphatic carbocycles. The Balaban J connectivity index is 2.04. The third-order valence-corrected chi connectivity index (χ3v) is 3.49. The molecule has 96 valence electrons. The summed E-state index contributed by atoms with van der Waals surface area (Å²) in [5.74, 6) is 0.536. The van der Waals surface area contributed by atoms with Gasteiger partial charge < -0.3 is 10.7 Å². The van der Waals surface area contributed by atoms with E-state index >= 15 is 0 Å². The Morgan fingerprint density at radius 1 is 1.00 bits per heavy atom. The second kappa shape index (κ2) is 4.06. The number of nitrogens with two attached hydrogens (primary N) is 1. The van der Waals surface area contributed by atoms with Crippen LogP contribution < -0.4 is 5.73 Å². The van der Waals surface area contributed by atoms with Crippen molar-refractivity contribution in [3.05, 3.63) is 54.9 Å². The highest BCUT2D eigenvalue weighted by molar-refractivity contribution is 5.99. The molecule has 0 spiro atoms. The van der Waals surface area contributed by atoms with Crippen molar-refractivity contribution in [2.24, 2.45) is 0 Å². The Bertz CT molecular complexity index is 924. The van der Waals surface area contributed by atoms with E-state index < -0.39 is 0 Å². The molecule has 3 heterocycles. The van der Waals surface area contributed by atoms with Crippen molar-refractivity contribution in [1.29, 1.82) is 0 Å². The first-order valence-corrected chi connectivity index (χ1v) is 6.41. The fourth-order valence-electron chi connectivity index (χ4n) is 2.53. The van der Waals surface area contributed by atoms with Gasteiger partial charge in [-0.15, -0.1) is 0 Å². The van der Waals surface area contributed by atoms with Crippen LogP contribution in [0.15, 0.2) is 54.9 Å². The van der Waals surface area contributed by atoms with Crippen LogP contribution in [-0.4, -0.2) is 15.0 Å². The van der Waals surface area contributed by atoms with E-state index in [1.807, 2.05) is 42.6 Å². The zero-order valence-electron chi connectivity index (χ0n) is 10.7. The smallest absolute Gasteiger partial charge is 0.137 e. The summed E-state index contributed by atoms with van der Waals surface area (Å²) in [5, 5.41) is 2.13. The molecule has 0 bridgehead atoms. The number of hydrogen-bond donors (Lipinski definition) is 2. The van der Waals surface area contributed by atoms with Crippen molar-refractivity contribution in [3.63, 3.8) is 0 Å². The molecular formula is C16H12N4. The van der Waals surface area contributed by atoms with Gasteiger partial charge >= 0.3 is 0 Å². The number of aromatic amines is 1. The van der Waals surface area contributed by atoms with Gasteiger partial charge in [-0.3, -0.25) is 0 Å². The van der Waals surface area contributed by atoms with Crippen LogP contribution in [0.2, 0.25) is 0 Å². The molecule has 0 fully saturated rings. The number of benzene rings is 1. The monoisotopic (exact) mass is 260 g/mol. The van der Waals surface area contributed by atoms with E-state index in [4.69, 9.17) is 5.73 Å². The molecule has 4 rings (SSSR count). The Morgan fingerprint density at radius 2 is 1.90 bits per heavy atom. The number of nitrogen functional groups attached to an aromatic ring is 1. The molecule has 1 aromatic carbocycles. The normalized spacial score (nSPS) is 11.2. The first-order chi connectivity index (χ1) is 9.83.